The fourth-order valence-corrected chi connectivity index (χ4v) is 2.23. The second kappa shape index (κ2) is 7.91. The molecule has 0 aromatic heterocycles. The third-order valence-corrected chi connectivity index (χ3v) is 3.46. The zero-order chi connectivity index (χ0) is 18.6. The van der Waals surface area contributed by atoms with Gasteiger partial charge in [-0.15, -0.1) is 0 Å². The van der Waals surface area contributed by atoms with Gasteiger partial charge in [0.2, 0.25) is 0 Å². The summed E-state index contributed by atoms with van der Waals surface area (Å²) in [5.74, 6) is -2.40. The molecule has 0 bridgehead atoms. The lowest BCUT2D eigenvalue weighted by Crippen LogP contribution is -2.21. The molecule has 0 heterocycles. The van der Waals surface area contributed by atoms with Crippen molar-refractivity contribution in [2.24, 2.45) is 0 Å². The average Bonchev–Trinajstić information content (AvgIpc) is 2.52. The average molecular weight is 387 g/mol. The van der Waals surface area contributed by atoms with Crippen molar-refractivity contribution in [2.75, 3.05) is 11.9 Å². The molecule has 2 rings (SSSR count). The van der Waals surface area contributed by atoms with E-state index in [1.165, 1.54) is 12.1 Å². The number of hydrogen-bond donors (Lipinski definition) is 1. The topological polar surface area (TPSA) is 98.5 Å². The summed E-state index contributed by atoms with van der Waals surface area (Å²) in [6.07, 6.45) is 0. The van der Waals surface area contributed by atoms with E-state index < -0.39 is 29.2 Å². The minimum atomic E-state index is -0.944. The first-order valence-electron chi connectivity index (χ1n) is 6.64. The highest BCUT2D eigenvalue weighted by Crippen LogP contribution is 2.27. The van der Waals surface area contributed by atoms with Crippen LogP contribution < -0.4 is 5.32 Å². The van der Waals surface area contributed by atoms with E-state index in [1.807, 2.05) is 0 Å². The van der Waals surface area contributed by atoms with Gasteiger partial charge < -0.3 is 10.1 Å². The molecule has 0 radical (unpaired) electrons. The van der Waals surface area contributed by atoms with Gasteiger partial charge in [0.1, 0.15) is 11.5 Å². The zero-order valence-corrected chi connectivity index (χ0v) is 13.8. The molecular formula is C15H9Cl2FN2O5. The Kier molecular flexibility index (Phi) is 5.89. The molecule has 10 heteroatoms. The number of ether oxygens (including phenoxy) is 1. The minimum Gasteiger partial charge on any atom is -0.452 e. The van der Waals surface area contributed by atoms with Gasteiger partial charge in [-0.05, 0) is 30.3 Å². The van der Waals surface area contributed by atoms with Crippen LogP contribution in [0.5, 0.6) is 0 Å². The number of rotatable bonds is 5. The number of amides is 1. The number of benzene rings is 2. The normalized spacial score (nSPS) is 10.2. The van der Waals surface area contributed by atoms with Gasteiger partial charge in [0.15, 0.2) is 6.61 Å². The van der Waals surface area contributed by atoms with Crippen molar-refractivity contribution in [3.63, 3.8) is 0 Å². The van der Waals surface area contributed by atoms with Crippen LogP contribution in [0.4, 0.5) is 15.8 Å². The van der Waals surface area contributed by atoms with E-state index in [-0.39, 0.29) is 27.0 Å². The molecule has 1 amide bonds. The molecule has 0 aliphatic carbocycles. The molecule has 0 unspecified atom stereocenters. The second-order valence-corrected chi connectivity index (χ2v) is 5.51. The van der Waals surface area contributed by atoms with Crippen LogP contribution in [0.25, 0.3) is 0 Å². The summed E-state index contributed by atoms with van der Waals surface area (Å²) >= 11 is 11.4. The Labute approximate surface area is 150 Å². The highest BCUT2D eigenvalue weighted by atomic mass is 35.5. The summed E-state index contributed by atoms with van der Waals surface area (Å²) in [5, 5.41) is 13.1. The molecule has 130 valence electrons. The molecular weight excluding hydrogens is 378 g/mol. The van der Waals surface area contributed by atoms with Crippen LogP contribution in [0.2, 0.25) is 10.0 Å². The molecule has 0 spiro atoms. The first kappa shape index (κ1) is 18.6. The second-order valence-electron chi connectivity index (χ2n) is 4.67. The van der Waals surface area contributed by atoms with Gasteiger partial charge in [-0.25, -0.2) is 9.18 Å². The Morgan fingerprint density at radius 2 is 1.92 bits per heavy atom. The van der Waals surface area contributed by atoms with E-state index in [0.29, 0.717) is 0 Å². The van der Waals surface area contributed by atoms with Crippen molar-refractivity contribution >= 4 is 46.5 Å². The van der Waals surface area contributed by atoms with E-state index in [9.17, 15) is 24.1 Å². The van der Waals surface area contributed by atoms with Crippen LogP contribution in [0.1, 0.15) is 10.4 Å². The maximum Gasteiger partial charge on any atom is 0.340 e. The maximum atomic E-state index is 12.9. The lowest BCUT2D eigenvalue weighted by atomic mass is 10.2. The van der Waals surface area contributed by atoms with Crippen molar-refractivity contribution in [2.45, 2.75) is 0 Å². The monoisotopic (exact) mass is 386 g/mol. The van der Waals surface area contributed by atoms with Crippen LogP contribution in [0.15, 0.2) is 36.4 Å². The lowest BCUT2D eigenvalue weighted by Gasteiger charge is -2.08. The van der Waals surface area contributed by atoms with Crippen molar-refractivity contribution in [3.8, 4) is 0 Å². The van der Waals surface area contributed by atoms with Gasteiger partial charge >= 0.3 is 5.97 Å². The summed E-state index contributed by atoms with van der Waals surface area (Å²) in [7, 11) is 0. The standard InChI is InChI=1S/C15H9Cl2FN2O5/c16-8-1-4-13(20(23)24)12(5-8)19-14(21)7-25-15(22)10-3-2-9(18)6-11(10)17/h1-6H,7H2,(H,19,21). The molecule has 0 aliphatic rings. The minimum absolute atomic E-state index is 0.121. The number of anilines is 1. The fraction of sp³-hybridized carbons (Fsp3) is 0.0667. The van der Waals surface area contributed by atoms with E-state index >= 15 is 0 Å². The van der Waals surface area contributed by atoms with Crippen LogP contribution >= 0.6 is 23.2 Å². The lowest BCUT2D eigenvalue weighted by molar-refractivity contribution is -0.383. The number of nitrogens with one attached hydrogen (secondary N) is 1. The van der Waals surface area contributed by atoms with Crippen LogP contribution in [0.3, 0.4) is 0 Å². The van der Waals surface area contributed by atoms with Crippen LogP contribution in [0, 0.1) is 15.9 Å². The van der Waals surface area contributed by atoms with E-state index in [0.717, 1.165) is 24.3 Å². The number of nitro benzene ring substituents is 1. The molecule has 25 heavy (non-hydrogen) atoms. The molecule has 0 saturated heterocycles. The van der Waals surface area contributed by atoms with E-state index in [4.69, 9.17) is 27.9 Å². The fourth-order valence-electron chi connectivity index (χ4n) is 1.82. The molecule has 0 saturated carbocycles. The Hall–Kier alpha value is -2.71. The largest absolute Gasteiger partial charge is 0.452 e. The number of halogens is 3. The molecule has 0 fully saturated rings. The number of carbonyl (C=O) groups excluding carboxylic acids is 2. The van der Waals surface area contributed by atoms with Gasteiger partial charge in [0, 0.05) is 11.1 Å². The van der Waals surface area contributed by atoms with Gasteiger partial charge in [0.05, 0.1) is 15.5 Å². The first-order chi connectivity index (χ1) is 11.8. The molecule has 0 aliphatic heterocycles. The molecule has 2 aromatic carbocycles. The first-order valence-corrected chi connectivity index (χ1v) is 7.39. The van der Waals surface area contributed by atoms with Crippen molar-refractivity contribution < 1.29 is 23.6 Å². The highest BCUT2D eigenvalue weighted by Gasteiger charge is 2.18. The van der Waals surface area contributed by atoms with Gasteiger partial charge in [-0.2, -0.15) is 0 Å². The van der Waals surface area contributed by atoms with Gasteiger partial charge in [-0.3, -0.25) is 14.9 Å². The number of esters is 1. The Morgan fingerprint density at radius 3 is 2.56 bits per heavy atom. The number of hydrogen-bond acceptors (Lipinski definition) is 5. The Morgan fingerprint density at radius 1 is 1.20 bits per heavy atom. The highest BCUT2D eigenvalue weighted by molar-refractivity contribution is 6.33. The maximum absolute atomic E-state index is 12.9. The zero-order valence-electron chi connectivity index (χ0n) is 12.3. The van der Waals surface area contributed by atoms with Crippen molar-refractivity contribution in [1.82, 2.24) is 0 Å². The summed E-state index contributed by atoms with van der Waals surface area (Å²) in [5.41, 5.74) is -0.631. The van der Waals surface area contributed by atoms with Crippen molar-refractivity contribution in [1.29, 1.82) is 0 Å². The van der Waals surface area contributed by atoms with Gasteiger partial charge in [-0.1, -0.05) is 23.2 Å². The number of carbonyl (C=O) groups is 2. The smallest absolute Gasteiger partial charge is 0.340 e. The summed E-state index contributed by atoms with van der Waals surface area (Å²) in [4.78, 5) is 33.9. The summed E-state index contributed by atoms with van der Waals surface area (Å²) in [6, 6.07) is 6.66. The summed E-state index contributed by atoms with van der Waals surface area (Å²) < 4.78 is 17.7. The molecule has 0 atom stereocenters. The van der Waals surface area contributed by atoms with Crippen molar-refractivity contribution in [3.05, 3.63) is 67.9 Å². The third-order valence-electron chi connectivity index (χ3n) is 2.91. The predicted molar refractivity (Wildman–Crippen MR) is 88.4 cm³/mol. The van der Waals surface area contributed by atoms with E-state index in [1.54, 1.807) is 0 Å². The van der Waals surface area contributed by atoms with E-state index in [2.05, 4.69) is 5.32 Å². The molecule has 7 nitrogen and oxygen atoms in total. The SMILES string of the molecule is O=C(COC(=O)c1ccc(F)cc1Cl)Nc1cc(Cl)ccc1[N+](=O)[O-]. The summed E-state index contributed by atoms with van der Waals surface area (Å²) in [6.45, 7) is -0.726. The quantitative estimate of drug-likeness (QED) is 0.478. The Bertz CT molecular complexity index is 860. The number of nitro groups is 1. The van der Waals surface area contributed by atoms with Gasteiger partial charge in [0.25, 0.3) is 11.6 Å². The van der Waals surface area contributed by atoms with Crippen LogP contribution in [-0.4, -0.2) is 23.4 Å². The molecule has 1 N–H and O–H groups in total. The molecule has 2 aromatic rings. The predicted octanol–water partition coefficient (Wildman–Crippen LogP) is 3.84. The number of nitrogens with zero attached hydrogens (tertiary/aromatic N) is 1. The Balaban J connectivity index is 2.03. The third kappa shape index (κ3) is 4.88. The van der Waals surface area contributed by atoms with Crippen LogP contribution in [-0.2, 0) is 9.53 Å².